The summed E-state index contributed by atoms with van der Waals surface area (Å²) in [4.78, 5) is 46.7. The number of carbonyl (C=O) groups excluding carboxylic acids is 4. The average molecular weight is 383 g/mol. The van der Waals surface area contributed by atoms with Crippen LogP contribution in [0.15, 0.2) is 4.42 Å². The van der Waals surface area contributed by atoms with Gasteiger partial charge in [0.2, 0.25) is 24.1 Å². The summed E-state index contributed by atoms with van der Waals surface area (Å²) < 4.78 is 5.52. The highest BCUT2D eigenvalue weighted by Crippen LogP contribution is 2.24. The van der Waals surface area contributed by atoms with Gasteiger partial charge in [-0.05, 0) is 19.4 Å². The molecule has 0 aromatic carbocycles. The van der Waals surface area contributed by atoms with E-state index in [0.29, 0.717) is 18.9 Å². The van der Waals surface area contributed by atoms with E-state index in [2.05, 4.69) is 20.8 Å². The van der Waals surface area contributed by atoms with Crippen LogP contribution >= 0.6 is 0 Å². The first-order valence-corrected chi connectivity index (χ1v) is 8.50. The molecule has 0 radical (unpaired) electrons. The quantitative estimate of drug-likeness (QED) is 0.365. The van der Waals surface area contributed by atoms with Gasteiger partial charge in [-0.1, -0.05) is 18.9 Å². The predicted octanol–water partition coefficient (Wildman–Crippen LogP) is -0.627. The maximum atomic E-state index is 12.2. The number of anilines is 1. The number of rotatable bonds is 11. The Morgan fingerprint density at radius 3 is 2.52 bits per heavy atom. The van der Waals surface area contributed by atoms with Crippen LogP contribution in [0.2, 0.25) is 0 Å². The normalized spacial score (nSPS) is 11.6. The van der Waals surface area contributed by atoms with Gasteiger partial charge >= 0.3 is 12.0 Å². The Hall–Kier alpha value is -3.02. The van der Waals surface area contributed by atoms with Crippen LogP contribution < -0.4 is 21.3 Å². The van der Waals surface area contributed by atoms with Gasteiger partial charge in [0.15, 0.2) is 0 Å². The summed E-state index contributed by atoms with van der Waals surface area (Å²) in [5.41, 5.74) is 0. The minimum atomic E-state index is -0.959. The Morgan fingerprint density at radius 1 is 1.22 bits per heavy atom. The van der Waals surface area contributed by atoms with Crippen LogP contribution in [0.4, 0.5) is 10.8 Å². The second-order valence-corrected chi connectivity index (χ2v) is 5.51. The smallest absolute Gasteiger partial charge is 0.327 e. The number of urea groups is 1. The number of aromatic nitrogens is 2. The third-order valence-corrected chi connectivity index (χ3v) is 3.51. The molecule has 12 nitrogen and oxygen atoms in total. The molecular formula is C15H25N7O5. The lowest BCUT2D eigenvalue weighted by molar-refractivity contribution is -0.126. The van der Waals surface area contributed by atoms with E-state index in [4.69, 9.17) is 4.42 Å². The molecule has 0 aliphatic heterocycles. The van der Waals surface area contributed by atoms with Crippen molar-refractivity contribution < 1.29 is 23.6 Å². The monoisotopic (exact) mass is 383 g/mol. The van der Waals surface area contributed by atoms with Crippen LogP contribution in [-0.4, -0.2) is 66.0 Å². The number of nitrogens with zero attached hydrogens (tertiary/aromatic N) is 3. The van der Waals surface area contributed by atoms with E-state index in [1.807, 2.05) is 24.1 Å². The Labute approximate surface area is 156 Å². The highest BCUT2D eigenvalue weighted by Gasteiger charge is 2.25. The van der Waals surface area contributed by atoms with Crippen LogP contribution in [0.25, 0.3) is 0 Å². The maximum Gasteiger partial charge on any atom is 0.327 e. The molecule has 12 heteroatoms. The summed E-state index contributed by atoms with van der Waals surface area (Å²) >= 11 is 0. The average Bonchev–Trinajstić information content (AvgIpc) is 3.10. The van der Waals surface area contributed by atoms with Crippen molar-refractivity contribution in [1.29, 1.82) is 0 Å². The van der Waals surface area contributed by atoms with E-state index in [1.54, 1.807) is 12.4 Å². The van der Waals surface area contributed by atoms with Crippen molar-refractivity contribution in [2.24, 2.45) is 0 Å². The number of carbonyl (C=O) groups is 4. The van der Waals surface area contributed by atoms with Crippen molar-refractivity contribution in [3.05, 3.63) is 5.89 Å². The molecule has 0 bridgehead atoms. The first-order chi connectivity index (χ1) is 12.9. The van der Waals surface area contributed by atoms with Gasteiger partial charge in [-0.25, -0.2) is 4.79 Å². The summed E-state index contributed by atoms with van der Waals surface area (Å²) in [6, 6.07) is -0.924. The molecule has 1 unspecified atom stereocenters. The van der Waals surface area contributed by atoms with E-state index < -0.39 is 24.4 Å². The summed E-state index contributed by atoms with van der Waals surface area (Å²) in [6.07, 6.45) is 1.58. The van der Waals surface area contributed by atoms with Gasteiger partial charge in [-0.15, -0.1) is 5.10 Å². The van der Waals surface area contributed by atoms with E-state index in [-0.39, 0.29) is 25.0 Å². The SMILES string of the molecule is CCCN(CC(=O)NCC(=O)NC(=O)NC=O)C(CC)c1nnc(NC)o1. The first-order valence-electron chi connectivity index (χ1n) is 8.50. The zero-order valence-corrected chi connectivity index (χ0v) is 15.6. The van der Waals surface area contributed by atoms with Crippen molar-refractivity contribution in [1.82, 2.24) is 31.0 Å². The summed E-state index contributed by atoms with van der Waals surface area (Å²) in [5.74, 6) is -0.750. The second-order valence-electron chi connectivity index (χ2n) is 5.51. The fourth-order valence-corrected chi connectivity index (χ4v) is 2.37. The zero-order valence-electron chi connectivity index (χ0n) is 15.6. The number of nitrogens with one attached hydrogen (secondary N) is 4. The molecule has 0 saturated heterocycles. The first kappa shape index (κ1) is 22.0. The Kier molecular flexibility index (Phi) is 9.43. The Balaban J connectivity index is 2.63. The van der Waals surface area contributed by atoms with Crippen molar-refractivity contribution in [2.75, 3.05) is 32.0 Å². The predicted molar refractivity (Wildman–Crippen MR) is 94.5 cm³/mol. The van der Waals surface area contributed by atoms with Gasteiger partial charge in [-0.2, -0.15) is 0 Å². The number of hydrogen-bond acceptors (Lipinski definition) is 9. The van der Waals surface area contributed by atoms with Crippen LogP contribution in [0.5, 0.6) is 0 Å². The van der Waals surface area contributed by atoms with E-state index in [9.17, 15) is 19.2 Å². The lowest BCUT2D eigenvalue weighted by Crippen LogP contribution is -2.46. The van der Waals surface area contributed by atoms with Gasteiger partial charge in [0.05, 0.1) is 19.1 Å². The summed E-state index contributed by atoms with van der Waals surface area (Å²) in [6.45, 7) is 4.14. The molecule has 0 saturated carbocycles. The number of hydrogen-bond donors (Lipinski definition) is 4. The molecule has 1 aromatic rings. The molecule has 27 heavy (non-hydrogen) atoms. The van der Waals surface area contributed by atoms with Crippen molar-refractivity contribution >= 4 is 30.3 Å². The summed E-state index contributed by atoms with van der Waals surface area (Å²) in [5, 5.41) is 16.7. The minimum absolute atomic E-state index is 0.0113. The molecule has 150 valence electrons. The minimum Gasteiger partial charge on any atom is -0.406 e. The maximum absolute atomic E-state index is 12.2. The highest BCUT2D eigenvalue weighted by atomic mass is 16.4. The van der Waals surface area contributed by atoms with Gasteiger partial charge in [0.25, 0.3) is 0 Å². The number of amides is 5. The largest absolute Gasteiger partial charge is 0.406 e. The fraction of sp³-hybridized carbons (Fsp3) is 0.600. The molecule has 1 rings (SSSR count). The van der Waals surface area contributed by atoms with E-state index in [0.717, 1.165) is 6.42 Å². The molecule has 0 fully saturated rings. The third-order valence-electron chi connectivity index (χ3n) is 3.51. The third kappa shape index (κ3) is 7.40. The van der Waals surface area contributed by atoms with Gasteiger partial charge in [0.1, 0.15) is 0 Å². The molecule has 0 aliphatic carbocycles. The highest BCUT2D eigenvalue weighted by molar-refractivity contribution is 5.99. The molecule has 1 aromatic heterocycles. The topological polar surface area (TPSA) is 159 Å². The van der Waals surface area contributed by atoms with E-state index in [1.165, 1.54) is 0 Å². The Bertz CT molecular complexity index is 648. The van der Waals surface area contributed by atoms with Gasteiger partial charge in [0, 0.05) is 7.05 Å². The zero-order chi connectivity index (χ0) is 20.2. The van der Waals surface area contributed by atoms with Crippen LogP contribution in [0.1, 0.15) is 38.6 Å². The fourth-order valence-electron chi connectivity index (χ4n) is 2.37. The molecule has 4 N–H and O–H groups in total. The second kappa shape index (κ2) is 11.6. The van der Waals surface area contributed by atoms with Crippen LogP contribution in [0, 0.1) is 0 Å². The van der Waals surface area contributed by atoms with Crippen molar-refractivity contribution in [3.63, 3.8) is 0 Å². The molecule has 5 amide bonds. The molecular weight excluding hydrogens is 358 g/mol. The number of imide groups is 2. The molecule has 0 aliphatic rings. The van der Waals surface area contributed by atoms with E-state index >= 15 is 0 Å². The standard InChI is InChI=1S/C15H25N7O5/c1-4-6-22(10(5-2)13-20-21-15(16-3)27-13)8-12(25)17-7-11(24)19-14(26)18-9-23/h9-10H,4-8H2,1-3H3,(H,16,21)(H,17,25)(H2,18,19,23,24,26). The lowest BCUT2D eigenvalue weighted by Gasteiger charge is -2.27. The van der Waals surface area contributed by atoms with Crippen molar-refractivity contribution in [2.45, 2.75) is 32.7 Å². The molecule has 1 atom stereocenters. The Morgan fingerprint density at radius 2 is 1.96 bits per heavy atom. The molecule has 0 spiro atoms. The summed E-state index contributed by atoms with van der Waals surface area (Å²) in [7, 11) is 1.66. The van der Waals surface area contributed by atoms with Crippen molar-refractivity contribution in [3.8, 4) is 0 Å². The lowest BCUT2D eigenvalue weighted by atomic mass is 10.1. The van der Waals surface area contributed by atoms with Gasteiger partial charge < -0.3 is 15.1 Å². The van der Waals surface area contributed by atoms with Gasteiger partial charge in [-0.3, -0.25) is 29.9 Å². The molecule has 1 heterocycles. The van der Waals surface area contributed by atoms with Crippen LogP contribution in [-0.2, 0) is 14.4 Å². The van der Waals surface area contributed by atoms with Crippen LogP contribution in [0.3, 0.4) is 0 Å².